The molecule has 3 atom stereocenters. The summed E-state index contributed by atoms with van der Waals surface area (Å²) in [6.07, 6.45) is 5.83. The van der Waals surface area contributed by atoms with E-state index in [1.165, 1.54) is 16.7 Å². The molecule has 1 N–H and O–H groups in total. The molecule has 0 aromatic heterocycles. The van der Waals surface area contributed by atoms with Crippen LogP contribution in [0.15, 0.2) is 53.0 Å². The number of hydrogen-bond acceptors (Lipinski definition) is 2. The number of rotatable bonds is 2. The van der Waals surface area contributed by atoms with E-state index in [4.69, 9.17) is 4.74 Å². The molecule has 2 aromatic carbocycles. The van der Waals surface area contributed by atoms with Crippen LogP contribution < -0.4 is 10.1 Å². The summed E-state index contributed by atoms with van der Waals surface area (Å²) in [6.45, 7) is 2.20. The van der Waals surface area contributed by atoms with Crippen LogP contribution in [0.2, 0.25) is 0 Å². The molecule has 0 spiro atoms. The lowest BCUT2D eigenvalue weighted by molar-refractivity contribution is 0.396. The lowest BCUT2D eigenvalue weighted by Gasteiger charge is -2.39. The monoisotopic (exact) mass is 369 g/mol. The summed E-state index contributed by atoms with van der Waals surface area (Å²) in [6, 6.07) is 13.2. The Morgan fingerprint density at radius 3 is 2.65 bits per heavy atom. The molecule has 2 aliphatic rings. The van der Waals surface area contributed by atoms with E-state index in [1.807, 2.05) is 0 Å². The van der Waals surface area contributed by atoms with Crippen LogP contribution in [0.4, 0.5) is 5.69 Å². The Bertz CT molecular complexity index is 766. The van der Waals surface area contributed by atoms with Crippen molar-refractivity contribution < 1.29 is 4.74 Å². The predicted octanol–water partition coefficient (Wildman–Crippen LogP) is 5.59. The molecular formula is C20H20BrNO. The maximum absolute atomic E-state index is 5.63. The summed E-state index contributed by atoms with van der Waals surface area (Å²) in [5.41, 5.74) is 5.23. The van der Waals surface area contributed by atoms with Crippen molar-refractivity contribution in [2.45, 2.75) is 25.3 Å². The minimum absolute atomic E-state index is 0.311. The van der Waals surface area contributed by atoms with Crippen LogP contribution >= 0.6 is 15.9 Å². The molecule has 0 amide bonds. The SMILES string of the molecule is COc1ccc(C)c2c1N[C@@H](c1ccc(Br)cc1)[C@H]1CC=C[C@@H]21. The molecule has 0 unspecified atom stereocenters. The van der Waals surface area contributed by atoms with Gasteiger partial charge in [0.15, 0.2) is 0 Å². The van der Waals surface area contributed by atoms with Crippen LogP contribution in [-0.4, -0.2) is 7.11 Å². The van der Waals surface area contributed by atoms with Crippen LogP contribution in [0.1, 0.15) is 35.1 Å². The van der Waals surface area contributed by atoms with Gasteiger partial charge in [0.25, 0.3) is 0 Å². The Kier molecular flexibility index (Phi) is 3.68. The molecule has 0 bridgehead atoms. The Hall–Kier alpha value is -1.74. The third-order valence-electron chi connectivity index (χ3n) is 5.15. The van der Waals surface area contributed by atoms with Gasteiger partial charge >= 0.3 is 0 Å². The number of ether oxygens (including phenoxy) is 1. The lowest BCUT2D eigenvalue weighted by atomic mass is 9.75. The summed E-state index contributed by atoms with van der Waals surface area (Å²) in [5.74, 6) is 1.97. The van der Waals surface area contributed by atoms with Crippen molar-refractivity contribution in [2.24, 2.45) is 5.92 Å². The first-order chi connectivity index (χ1) is 11.2. The van der Waals surface area contributed by atoms with Crippen molar-refractivity contribution >= 4 is 21.6 Å². The van der Waals surface area contributed by atoms with E-state index in [0.717, 1.165) is 22.3 Å². The number of nitrogens with one attached hydrogen (secondary N) is 1. The quantitative estimate of drug-likeness (QED) is 0.696. The number of allylic oxidation sites excluding steroid dienone is 2. The number of aryl methyl sites for hydroxylation is 1. The van der Waals surface area contributed by atoms with Crippen LogP contribution in [0.3, 0.4) is 0 Å². The summed E-state index contributed by atoms with van der Waals surface area (Å²) >= 11 is 3.53. The second-order valence-corrected chi connectivity index (χ2v) is 7.32. The first-order valence-corrected chi connectivity index (χ1v) is 8.84. The number of halogens is 1. The smallest absolute Gasteiger partial charge is 0.142 e. The van der Waals surface area contributed by atoms with Crippen molar-refractivity contribution in [2.75, 3.05) is 12.4 Å². The minimum Gasteiger partial charge on any atom is -0.495 e. The van der Waals surface area contributed by atoms with Crippen molar-refractivity contribution in [3.8, 4) is 5.75 Å². The fraction of sp³-hybridized carbons (Fsp3) is 0.300. The Balaban J connectivity index is 1.84. The molecule has 1 aliphatic carbocycles. The van der Waals surface area contributed by atoms with Crippen LogP contribution in [-0.2, 0) is 0 Å². The molecule has 0 radical (unpaired) electrons. The van der Waals surface area contributed by atoms with Crippen molar-refractivity contribution in [3.63, 3.8) is 0 Å². The molecule has 1 aliphatic heterocycles. The highest BCUT2D eigenvalue weighted by molar-refractivity contribution is 9.10. The second-order valence-electron chi connectivity index (χ2n) is 6.40. The first-order valence-electron chi connectivity index (χ1n) is 8.05. The zero-order chi connectivity index (χ0) is 16.0. The third kappa shape index (κ3) is 2.38. The maximum Gasteiger partial charge on any atom is 0.142 e. The number of benzene rings is 2. The average Bonchev–Trinajstić information content (AvgIpc) is 3.04. The summed E-state index contributed by atoms with van der Waals surface area (Å²) in [5, 5.41) is 3.78. The van der Waals surface area contributed by atoms with Gasteiger partial charge < -0.3 is 10.1 Å². The van der Waals surface area contributed by atoms with E-state index in [1.54, 1.807) is 7.11 Å². The first kappa shape index (κ1) is 14.8. The van der Waals surface area contributed by atoms with E-state index in [9.17, 15) is 0 Å². The fourth-order valence-electron chi connectivity index (χ4n) is 4.04. The summed E-state index contributed by atoms with van der Waals surface area (Å²) in [4.78, 5) is 0. The van der Waals surface area contributed by atoms with Crippen molar-refractivity contribution in [1.29, 1.82) is 0 Å². The molecule has 0 saturated heterocycles. The number of fused-ring (bicyclic) bond motifs is 3. The van der Waals surface area contributed by atoms with E-state index in [2.05, 4.69) is 76.7 Å². The normalized spacial score (nSPS) is 24.7. The van der Waals surface area contributed by atoms with Gasteiger partial charge in [0, 0.05) is 10.4 Å². The number of hydrogen-bond donors (Lipinski definition) is 1. The van der Waals surface area contributed by atoms with E-state index < -0.39 is 0 Å². The van der Waals surface area contributed by atoms with Crippen LogP contribution in [0.25, 0.3) is 0 Å². The lowest BCUT2D eigenvalue weighted by Crippen LogP contribution is -2.30. The van der Waals surface area contributed by atoms with Crippen molar-refractivity contribution in [1.82, 2.24) is 0 Å². The van der Waals surface area contributed by atoms with Gasteiger partial charge in [-0.25, -0.2) is 0 Å². The van der Waals surface area contributed by atoms with E-state index >= 15 is 0 Å². The largest absolute Gasteiger partial charge is 0.495 e. The second kappa shape index (κ2) is 5.72. The molecule has 3 heteroatoms. The topological polar surface area (TPSA) is 21.3 Å². The van der Waals surface area contributed by atoms with Crippen molar-refractivity contribution in [3.05, 3.63) is 69.7 Å². The van der Waals surface area contributed by atoms with E-state index in [-0.39, 0.29) is 0 Å². The zero-order valence-corrected chi connectivity index (χ0v) is 14.9. The van der Waals surface area contributed by atoms with Gasteiger partial charge in [0.05, 0.1) is 18.8 Å². The van der Waals surface area contributed by atoms with Gasteiger partial charge in [0.1, 0.15) is 5.75 Å². The highest BCUT2D eigenvalue weighted by Gasteiger charge is 2.39. The molecule has 2 aromatic rings. The third-order valence-corrected chi connectivity index (χ3v) is 5.68. The minimum atomic E-state index is 0.311. The van der Waals surface area contributed by atoms with Gasteiger partial charge in [0.2, 0.25) is 0 Å². The maximum atomic E-state index is 5.63. The Morgan fingerprint density at radius 1 is 1.13 bits per heavy atom. The molecule has 118 valence electrons. The Labute approximate surface area is 145 Å². The van der Waals surface area contributed by atoms with Crippen LogP contribution in [0.5, 0.6) is 5.75 Å². The average molecular weight is 370 g/mol. The zero-order valence-electron chi connectivity index (χ0n) is 13.3. The summed E-state index contributed by atoms with van der Waals surface area (Å²) < 4.78 is 6.74. The molecular weight excluding hydrogens is 350 g/mol. The molecule has 2 nitrogen and oxygen atoms in total. The summed E-state index contributed by atoms with van der Waals surface area (Å²) in [7, 11) is 1.75. The van der Waals surface area contributed by atoms with Gasteiger partial charge in [-0.2, -0.15) is 0 Å². The van der Waals surface area contributed by atoms with Gasteiger partial charge in [-0.3, -0.25) is 0 Å². The number of methoxy groups -OCH3 is 1. The highest BCUT2D eigenvalue weighted by atomic mass is 79.9. The van der Waals surface area contributed by atoms with Gasteiger partial charge in [-0.1, -0.05) is 46.3 Å². The Morgan fingerprint density at radius 2 is 1.91 bits per heavy atom. The van der Waals surface area contributed by atoms with E-state index in [0.29, 0.717) is 17.9 Å². The van der Waals surface area contributed by atoms with Crippen LogP contribution in [0, 0.1) is 12.8 Å². The fourth-order valence-corrected chi connectivity index (χ4v) is 4.31. The molecule has 4 rings (SSSR count). The number of anilines is 1. The molecule has 1 heterocycles. The predicted molar refractivity (Wildman–Crippen MR) is 98.2 cm³/mol. The van der Waals surface area contributed by atoms with Gasteiger partial charge in [-0.15, -0.1) is 0 Å². The standard InChI is InChI=1S/C20H20BrNO/c1-12-6-11-17(23-2)20-18(12)15-4-3-5-16(15)19(22-20)13-7-9-14(21)10-8-13/h3-4,6-11,15-16,19,22H,5H2,1-2H3/t15-,16+,19+/m1/s1. The highest BCUT2D eigenvalue weighted by Crippen LogP contribution is 2.53. The molecule has 0 fully saturated rings. The molecule has 23 heavy (non-hydrogen) atoms. The van der Waals surface area contributed by atoms with Gasteiger partial charge in [-0.05, 0) is 54.2 Å². The molecule has 0 saturated carbocycles.